The van der Waals surface area contributed by atoms with Crippen molar-refractivity contribution in [2.75, 3.05) is 17.6 Å². The number of pyridine rings is 1. The minimum atomic E-state index is -4.21. The molecular weight excluding hydrogens is 289 g/mol. The number of nitrogens with zero attached hydrogens (tertiary/aromatic N) is 3. The zero-order valence-electron chi connectivity index (χ0n) is 8.91. The van der Waals surface area contributed by atoms with Gasteiger partial charge < -0.3 is 5.32 Å². The number of halogens is 4. The number of anilines is 1. The first kappa shape index (κ1) is 13.3. The largest absolute Gasteiger partial charge is 0.441 e. The lowest BCUT2D eigenvalue weighted by Crippen LogP contribution is -2.10. The maximum atomic E-state index is 11.9. The van der Waals surface area contributed by atoms with E-state index in [9.17, 15) is 13.2 Å². The number of fused-ring (bicyclic) bond motifs is 1. The second kappa shape index (κ2) is 5.23. The Balaban J connectivity index is 1.92. The average molecular weight is 297 g/mol. The molecule has 98 valence electrons. The van der Waals surface area contributed by atoms with Crippen LogP contribution in [0.2, 0.25) is 5.02 Å². The van der Waals surface area contributed by atoms with E-state index in [4.69, 9.17) is 11.6 Å². The number of nitrogens with one attached hydrogen (secondary N) is 1. The number of hydrogen-bond acceptors (Lipinski definition) is 4. The van der Waals surface area contributed by atoms with Gasteiger partial charge in [-0.1, -0.05) is 11.6 Å². The summed E-state index contributed by atoms with van der Waals surface area (Å²) in [5.74, 6) is 0.180. The van der Waals surface area contributed by atoms with E-state index in [0.717, 1.165) is 0 Å². The van der Waals surface area contributed by atoms with E-state index < -0.39 is 5.51 Å². The predicted octanol–water partition coefficient (Wildman–Crippen LogP) is 3.05. The number of aromatic nitrogens is 3. The molecule has 1 N–H and O–H groups in total. The Labute approximate surface area is 110 Å². The lowest BCUT2D eigenvalue weighted by atomic mass is 10.5. The van der Waals surface area contributed by atoms with Gasteiger partial charge in [-0.05, 0) is 23.9 Å². The van der Waals surface area contributed by atoms with E-state index >= 15 is 0 Å². The Hall–Kier alpha value is -1.15. The molecule has 2 rings (SSSR count). The first-order chi connectivity index (χ1) is 8.44. The fourth-order valence-corrected chi connectivity index (χ4v) is 1.85. The highest BCUT2D eigenvalue weighted by atomic mass is 35.5. The summed E-state index contributed by atoms with van der Waals surface area (Å²) >= 11 is 5.68. The van der Waals surface area contributed by atoms with Gasteiger partial charge in [-0.25, -0.2) is 4.52 Å². The molecule has 0 saturated heterocycles. The van der Waals surface area contributed by atoms with Crippen molar-refractivity contribution in [2.45, 2.75) is 5.51 Å². The highest BCUT2D eigenvalue weighted by molar-refractivity contribution is 8.00. The summed E-state index contributed by atoms with van der Waals surface area (Å²) in [5, 5.41) is 7.25. The molecule has 2 heterocycles. The van der Waals surface area contributed by atoms with Crippen LogP contribution in [-0.4, -0.2) is 32.4 Å². The minimum Gasteiger partial charge on any atom is -0.352 e. The van der Waals surface area contributed by atoms with Crippen LogP contribution in [0, 0.1) is 0 Å². The highest BCUT2D eigenvalue weighted by Gasteiger charge is 2.27. The molecule has 0 saturated carbocycles. The summed E-state index contributed by atoms with van der Waals surface area (Å²) in [6.07, 6.45) is 1.57. The van der Waals surface area contributed by atoms with Crippen molar-refractivity contribution in [3.05, 3.63) is 23.4 Å². The third kappa shape index (κ3) is 3.67. The second-order valence-electron chi connectivity index (χ2n) is 3.31. The predicted molar refractivity (Wildman–Crippen MR) is 65.0 cm³/mol. The van der Waals surface area contributed by atoms with Crippen LogP contribution in [-0.2, 0) is 0 Å². The van der Waals surface area contributed by atoms with E-state index in [1.54, 1.807) is 18.3 Å². The van der Waals surface area contributed by atoms with Crippen molar-refractivity contribution < 1.29 is 13.2 Å². The summed E-state index contributed by atoms with van der Waals surface area (Å²) in [6.45, 7) is 0.134. The van der Waals surface area contributed by atoms with Gasteiger partial charge in [-0.2, -0.15) is 18.2 Å². The van der Waals surface area contributed by atoms with Crippen LogP contribution in [0.1, 0.15) is 0 Å². The van der Waals surface area contributed by atoms with Crippen LogP contribution in [0.4, 0.5) is 19.1 Å². The van der Waals surface area contributed by atoms with Crippen LogP contribution in [0.25, 0.3) is 5.65 Å². The van der Waals surface area contributed by atoms with Crippen LogP contribution in [0.5, 0.6) is 0 Å². The molecular formula is C9H8ClF3N4S. The summed E-state index contributed by atoms with van der Waals surface area (Å²) in [4.78, 5) is 4.08. The highest BCUT2D eigenvalue weighted by Crippen LogP contribution is 2.29. The summed E-state index contributed by atoms with van der Waals surface area (Å²) in [6, 6.07) is 3.33. The third-order valence-corrected chi connectivity index (χ3v) is 2.90. The number of alkyl halides is 3. The van der Waals surface area contributed by atoms with Crippen molar-refractivity contribution in [2.24, 2.45) is 0 Å². The molecule has 0 bridgehead atoms. The Morgan fingerprint density at radius 2 is 2.17 bits per heavy atom. The van der Waals surface area contributed by atoms with Crippen molar-refractivity contribution in [1.82, 2.24) is 14.6 Å². The van der Waals surface area contributed by atoms with E-state index in [1.165, 1.54) is 4.52 Å². The molecule has 0 spiro atoms. The molecule has 0 unspecified atom stereocenters. The van der Waals surface area contributed by atoms with Gasteiger partial charge in [0.2, 0.25) is 5.95 Å². The molecule has 2 aromatic rings. The van der Waals surface area contributed by atoms with Crippen molar-refractivity contribution in [3.63, 3.8) is 0 Å². The van der Waals surface area contributed by atoms with Crippen LogP contribution >= 0.6 is 23.4 Å². The summed E-state index contributed by atoms with van der Waals surface area (Å²) in [5.41, 5.74) is -3.63. The molecule has 0 amide bonds. The first-order valence-electron chi connectivity index (χ1n) is 4.90. The normalized spacial score (nSPS) is 12.0. The first-order valence-corrected chi connectivity index (χ1v) is 6.27. The molecule has 0 aliphatic carbocycles. The molecule has 0 atom stereocenters. The molecule has 0 aromatic carbocycles. The zero-order valence-corrected chi connectivity index (χ0v) is 10.5. The van der Waals surface area contributed by atoms with Gasteiger partial charge in [0, 0.05) is 18.5 Å². The summed E-state index contributed by atoms with van der Waals surface area (Å²) < 4.78 is 37.1. The van der Waals surface area contributed by atoms with Gasteiger partial charge in [0.25, 0.3) is 0 Å². The molecule has 0 aliphatic rings. The number of rotatable bonds is 4. The topological polar surface area (TPSA) is 42.2 Å². The molecule has 18 heavy (non-hydrogen) atoms. The van der Waals surface area contributed by atoms with Crippen molar-refractivity contribution >= 4 is 35.0 Å². The van der Waals surface area contributed by atoms with Crippen LogP contribution in [0.15, 0.2) is 18.3 Å². The van der Waals surface area contributed by atoms with Gasteiger partial charge in [-0.3, -0.25) is 0 Å². The maximum Gasteiger partial charge on any atom is 0.441 e. The van der Waals surface area contributed by atoms with E-state index in [2.05, 4.69) is 15.4 Å². The Morgan fingerprint density at radius 3 is 2.89 bits per heavy atom. The van der Waals surface area contributed by atoms with Gasteiger partial charge in [-0.15, -0.1) is 5.10 Å². The average Bonchev–Trinajstić information content (AvgIpc) is 2.65. The van der Waals surface area contributed by atoms with Crippen molar-refractivity contribution in [3.8, 4) is 0 Å². The Bertz CT molecular complexity index is 542. The molecule has 4 nitrogen and oxygen atoms in total. The summed E-state index contributed by atoms with van der Waals surface area (Å²) in [7, 11) is 0. The SMILES string of the molecule is FC(F)(F)SCCNc1nc2ccc(Cl)cn2n1. The van der Waals surface area contributed by atoms with E-state index in [-0.39, 0.29) is 30.0 Å². The lowest BCUT2D eigenvalue weighted by molar-refractivity contribution is -0.0327. The van der Waals surface area contributed by atoms with Gasteiger partial charge >= 0.3 is 5.51 Å². The maximum absolute atomic E-state index is 11.9. The monoisotopic (exact) mass is 296 g/mol. The lowest BCUT2D eigenvalue weighted by Gasteiger charge is -2.04. The standard InChI is InChI=1S/C9H8ClF3N4S/c10-6-1-2-7-15-8(16-17(7)5-6)14-3-4-18-9(11,12)13/h1-2,5H,3-4H2,(H,14,16). The fraction of sp³-hybridized carbons (Fsp3) is 0.333. The van der Waals surface area contributed by atoms with Gasteiger partial charge in [0.15, 0.2) is 5.65 Å². The number of thioether (sulfide) groups is 1. The quantitative estimate of drug-likeness (QED) is 0.881. The Morgan fingerprint density at radius 1 is 1.39 bits per heavy atom. The molecule has 9 heteroatoms. The Kier molecular flexibility index (Phi) is 3.86. The van der Waals surface area contributed by atoms with Crippen LogP contribution < -0.4 is 5.32 Å². The number of hydrogen-bond donors (Lipinski definition) is 1. The van der Waals surface area contributed by atoms with Gasteiger partial charge in [0.1, 0.15) is 0 Å². The molecule has 2 aromatic heterocycles. The molecule has 0 radical (unpaired) electrons. The van der Waals surface area contributed by atoms with Crippen molar-refractivity contribution in [1.29, 1.82) is 0 Å². The molecule has 0 fully saturated rings. The van der Waals surface area contributed by atoms with Crippen LogP contribution in [0.3, 0.4) is 0 Å². The minimum absolute atomic E-state index is 0.0838. The molecule has 0 aliphatic heterocycles. The zero-order chi connectivity index (χ0) is 13.2. The smallest absolute Gasteiger partial charge is 0.352 e. The van der Waals surface area contributed by atoms with E-state index in [1.807, 2.05) is 0 Å². The fourth-order valence-electron chi connectivity index (χ4n) is 1.26. The third-order valence-electron chi connectivity index (χ3n) is 1.95. The van der Waals surface area contributed by atoms with Gasteiger partial charge in [0.05, 0.1) is 5.02 Å². The van der Waals surface area contributed by atoms with E-state index in [0.29, 0.717) is 10.7 Å². The second-order valence-corrected chi connectivity index (χ2v) is 4.90.